The SMILES string of the molecule is CCc1ncccc1CC(=O)N1CCC(O)C1. The summed E-state index contributed by atoms with van der Waals surface area (Å²) in [6.07, 6.45) is 3.33. The first-order valence-electron chi connectivity index (χ1n) is 6.09. The van der Waals surface area contributed by atoms with Crippen molar-refractivity contribution in [2.24, 2.45) is 0 Å². The zero-order valence-corrected chi connectivity index (χ0v) is 10.1. The lowest BCUT2D eigenvalue weighted by Gasteiger charge is -2.16. The lowest BCUT2D eigenvalue weighted by atomic mass is 10.1. The fraction of sp³-hybridized carbons (Fsp3) is 0.538. The Morgan fingerprint density at radius 3 is 3.12 bits per heavy atom. The number of aryl methyl sites for hydroxylation is 1. The van der Waals surface area contributed by atoms with E-state index in [1.807, 2.05) is 19.1 Å². The fourth-order valence-corrected chi connectivity index (χ4v) is 2.19. The van der Waals surface area contributed by atoms with Crippen LogP contribution in [0.4, 0.5) is 0 Å². The average Bonchev–Trinajstić information content (AvgIpc) is 2.77. The third-order valence-corrected chi connectivity index (χ3v) is 3.18. The van der Waals surface area contributed by atoms with Crippen molar-refractivity contribution >= 4 is 5.91 Å². The largest absolute Gasteiger partial charge is 0.391 e. The Balaban J connectivity index is 2.03. The molecule has 1 N–H and O–H groups in total. The molecule has 1 atom stereocenters. The molecule has 0 radical (unpaired) electrons. The highest BCUT2D eigenvalue weighted by molar-refractivity contribution is 5.79. The molecule has 0 bridgehead atoms. The van der Waals surface area contributed by atoms with Gasteiger partial charge >= 0.3 is 0 Å². The van der Waals surface area contributed by atoms with Crippen molar-refractivity contribution in [3.05, 3.63) is 29.6 Å². The van der Waals surface area contributed by atoms with E-state index in [2.05, 4.69) is 4.98 Å². The maximum Gasteiger partial charge on any atom is 0.227 e. The highest BCUT2D eigenvalue weighted by Crippen LogP contribution is 2.13. The number of aliphatic hydroxyl groups is 1. The number of hydrogen-bond donors (Lipinski definition) is 1. The number of carbonyl (C=O) groups is 1. The highest BCUT2D eigenvalue weighted by Gasteiger charge is 2.24. The lowest BCUT2D eigenvalue weighted by Crippen LogP contribution is -2.31. The molecule has 1 amide bonds. The molecule has 2 heterocycles. The van der Waals surface area contributed by atoms with Crippen molar-refractivity contribution in [3.8, 4) is 0 Å². The number of amides is 1. The fourth-order valence-electron chi connectivity index (χ4n) is 2.19. The summed E-state index contributed by atoms with van der Waals surface area (Å²) in [7, 11) is 0. The van der Waals surface area contributed by atoms with E-state index in [0.717, 1.165) is 17.7 Å². The first-order valence-corrected chi connectivity index (χ1v) is 6.09. The van der Waals surface area contributed by atoms with Crippen LogP contribution in [0.15, 0.2) is 18.3 Å². The summed E-state index contributed by atoms with van der Waals surface area (Å²) in [5.41, 5.74) is 1.99. The number of rotatable bonds is 3. The second kappa shape index (κ2) is 5.27. The predicted molar refractivity (Wildman–Crippen MR) is 64.5 cm³/mol. The van der Waals surface area contributed by atoms with Crippen molar-refractivity contribution in [1.82, 2.24) is 9.88 Å². The Morgan fingerprint density at radius 1 is 1.65 bits per heavy atom. The quantitative estimate of drug-likeness (QED) is 0.841. The number of aromatic nitrogens is 1. The highest BCUT2D eigenvalue weighted by atomic mass is 16.3. The number of pyridine rings is 1. The molecule has 0 saturated carbocycles. The van der Waals surface area contributed by atoms with E-state index < -0.39 is 0 Å². The van der Waals surface area contributed by atoms with Crippen LogP contribution in [0.2, 0.25) is 0 Å². The number of β-amino-alcohol motifs (C(OH)–C–C–N with tert-alkyl or cyclic N) is 1. The number of nitrogens with zero attached hydrogens (tertiary/aromatic N) is 2. The normalized spacial score (nSPS) is 19.6. The summed E-state index contributed by atoms with van der Waals surface area (Å²) in [6.45, 7) is 3.18. The third kappa shape index (κ3) is 2.82. The van der Waals surface area contributed by atoms with Gasteiger partial charge in [0.2, 0.25) is 5.91 Å². The molecule has 1 aromatic heterocycles. The van der Waals surface area contributed by atoms with Crippen LogP contribution in [0.1, 0.15) is 24.6 Å². The zero-order chi connectivity index (χ0) is 12.3. The van der Waals surface area contributed by atoms with Gasteiger partial charge in [-0.15, -0.1) is 0 Å². The number of aliphatic hydroxyl groups excluding tert-OH is 1. The van der Waals surface area contributed by atoms with Crippen LogP contribution in [0.3, 0.4) is 0 Å². The molecule has 0 aliphatic carbocycles. The monoisotopic (exact) mass is 234 g/mol. The zero-order valence-electron chi connectivity index (χ0n) is 10.1. The maximum atomic E-state index is 12.0. The van der Waals surface area contributed by atoms with Gasteiger partial charge in [-0.25, -0.2) is 0 Å². The van der Waals surface area contributed by atoms with Crippen LogP contribution in [0, 0.1) is 0 Å². The second-order valence-electron chi connectivity index (χ2n) is 4.42. The van der Waals surface area contributed by atoms with Crippen LogP contribution >= 0.6 is 0 Å². The molecule has 1 unspecified atom stereocenters. The van der Waals surface area contributed by atoms with Gasteiger partial charge < -0.3 is 10.0 Å². The molecule has 4 nitrogen and oxygen atoms in total. The van der Waals surface area contributed by atoms with Gasteiger partial charge in [-0.05, 0) is 24.5 Å². The van der Waals surface area contributed by atoms with Crippen LogP contribution in [-0.4, -0.2) is 40.1 Å². The van der Waals surface area contributed by atoms with Gasteiger partial charge in [0.05, 0.1) is 12.5 Å². The van der Waals surface area contributed by atoms with E-state index >= 15 is 0 Å². The molecule has 1 aliphatic heterocycles. The predicted octanol–water partition coefficient (Wildman–Crippen LogP) is 0.780. The van der Waals surface area contributed by atoms with Crippen LogP contribution in [0.5, 0.6) is 0 Å². The molecule has 4 heteroatoms. The minimum atomic E-state index is -0.349. The average molecular weight is 234 g/mol. The molecular weight excluding hydrogens is 216 g/mol. The van der Waals surface area contributed by atoms with Gasteiger partial charge in [0.15, 0.2) is 0 Å². The minimum Gasteiger partial charge on any atom is -0.391 e. The summed E-state index contributed by atoms with van der Waals surface area (Å²) >= 11 is 0. The van der Waals surface area contributed by atoms with E-state index in [4.69, 9.17) is 0 Å². The summed E-state index contributed by atoms with van der Waals surface area (Å²) in [5, 5.41) is 9.41. The van der Waals surface area contributed by atoms with Crippen LogP contribution < -0.4 is 0 Å². The van der Waals surface area contributed by atoms with Crippen LogP contribution in [0.25, 0.3) is 0 Å². The lowest BCUT2D eigenvalue weighted by molar-refractivity contribution is -0.129. The molecular formula is C13H18N2O2. The van der Waals surface area contributed by atoms with Gasteiger partial charge in [0.1, 0.15) is 0 Å². The first-order chi connectivity index (χ1) is 8.20. The van der Waals surface area contributed by atoms with Crippen molar-refractivity contribution in [2.45, 2.75) is 32.3 Å². The standard InChI is InChI=1S/C13H18N2O2/c1-2-12-10(4-3-6-14-12)8-13(17)15-7-5-11(16)9-15/h3-4,6,11,16H,2,5,7-9H2,1H3. The molecule has 1 aromatic rings. The summed E-state index contributed by atoms with van der Waals surface area (Å²) in [5.74, 6) is 0.0873. The van der Waals surface area contributed by atoms with E-state index in [1.54, 1.807) is 11.1 Å². The van der Waals surface area contributed by atoms with E-state index in [1.165, 1.54) is 0 Å². The Labute approximate surface area is 101 Å². The van der Waals surface area contributed by atoms with Gasteiger partial charge in [0, 0.05) is 25.0 Å². The Hall–Kier alpha value is -1.42. The second-order valence-corrected chi connectivity index (χ2v) is 4.42. The molecule has 1 saturated heterocycles. The number of hydrogen-bond acceptors (Lipinski definition) is 3. The summed E-state index contributed by atoms with van der Waals surface area (Å²) < 4.78 is 0. The van der Waals surface area contributed by atoms with Gasteiger partial charge in [-0.1, -0.05) is 13.0 Å². The Morgan fingerprint density at radius 2 is 2.47 bits per heavy atom. The maximum absolute atomic E-state index is 12.0. The molecule has 17 heavy (non-hydrogen) atoms. The first kappa shape index (κ1) is 12.0. The van der Waals surface area contributed by atoms with Crippen molar-refractivity contribution in [2.75, 3.05) is 13.1 Å². The van der Waals surface area contributed by atoms with E-state index in [9.17, 15) is 9.90 Å². The van der Waals surface area contributed by atoms with Crippen LogP contribution in [-0.2, 0) is 17.6 Å². The summed E-state index contributed by atoms with van der Waals surface area (Å²) in [6, 6.07) is 3.82. The Bertz CT molecular complexity index is 406. The molecule has 0 aromatic carbocycles. The third-order valence-electron chi connectivity index (χ3n) is 3.18. The van der Waals surface area contributed by atoms with Gasteiger partial charge in [-0.3, -0.25) is 9.78 Å². The van der Waals surface area contributed by atoms with E-state index in [0.29, 0.717) is 25.9 Å². The number of likely N-dealkylation sites (tertiary alicyclic amines) is 1. The Kier molecular flexibility index (Phi) is 3.74. The summed E-state index contributed by atoms with van der Waals surface area (Å²) in [4.78, 5) is 18.0. The molecule has 1 aliphatic rings. The van der Waals surface area contributed by atoms with Crippen molar-refractivity contribution < 1.29 is 9.90 Å². The number of carbonyl (C=O) groups excluding carboxylic acids is 1. The molecule has 0 spiro atoms. The van der Waals surface area contributed by atoms with Gasteiger partial charge in [-0.2, -0.15) is 0 Å². The van der Waals surface area contributed by atoms with Gasteiger partial charge in [0.25, 0.3) is 0 Å². The molecule has 1 fully saturated rings. The topological polar surface area (TPSA) is 53.4 Å². The minimum absolute atomic E-state index is 0.0873. The molecule has 92 valence electrons. The van der Waals surface area contributed by atoms with E-state index in [-0.39, 0.29) is 12.0 Å². The smallest absolute Gasteiger partial charge is 0.227 e. The van der Waals surface area contributed by atoms with Crippen molar-refractivity contribution in [1.29, 1.82) is 0 Å². The molecule has 2 rings (SSSR count). The van der Waals surface area contributed by atoms with Crippen molar-refractivity contribution in [3.63, 3.8) is 0 Å².